The minimum absolute atomic E-state index is 0.582. The van der Waals surface area contributed by atoms with E-state index in [2.05, 4.69) is 34.8 Å². The highest BCUT2D eigenvalue weighted by atomic mass is 127. The largest absolute Gasteiger partial charge is 0.312 e. The molecule has 1 saturated carbocycles. The van der Waals surface area contributed by atoms with Crippen LogP contribution < -0.4 is 0 Å². The van der Waals surface area contributed by atoms with Crippen molar-refractivity contribution < 1.29 is 3.07 Å². The van der Waals surface area contributed by atoms with Gasteiger partial charge in [-0.2, -0.15) is 0 Å². The molecule has 0 spiro atoms. The van der Waals surface area contributed by atoms with E-state index in [-0.39, 0.29) is 0 Å². The van der Waals surface area contributed by atoms with Crippen molar-refractivity contribution in [2.24, 2.45) is 11.8 Å². The van der Waals surface area contributed by atoms with Gasteiger partial charge in [-0.1, -0.05) is 6.92 Å². The summed E-state index contributed by atoms with van der Waals surface area (Å²) in [5, 5.41) is 0. The third kappa shape index (κ3) is 1.31. The molecular formula is C8H14INO. The second kappa shape index (κ2) is 3.18. The summed E-state index contributed by atoms with van der Waals surface area (Å²) in [7, 11) is 0. The van der Waals surface area contributed by atoms with Crippen LogP contribution in [0.25, 0.3) is 0 Å². The molecule has 3 aliphatic rings. The van der Waals surface area contributed by atoms with E-state index in [1.807, 2.05) is 0 Å². The number of piperidine rings is 2. The first-order valence-corrected chi connectivity index (χ1v) is 5.23. The lowest BCUT2D eigenvalue weighted by Gasteiger charge is -2.51. The molecule has 2 heterocycles. The Morgan fingerprint density at radius 1 is 1.45 bits per heavy atom. The molecule has 0 aromatic rings. The maximum atomic E-state index is 5.39. The molecule has 2 atom stereocenters. The van der Waals surface area contributed by atoms with Gasteiger partial charge >= 0.3 is 0 Å². The van der Waals surface area contributed by atoms with Crippen LogP contribution in [-0.4, -0.2) is 30.6 Å². The Bertz CT molecular complexity index is 141. The predicted molar refractivity (Wildman–Crippen MR) is 52.6 cm³/mol. The number of nitrogens with zero attached hydrogens (tertiary/aromatic N) is 1. The molecule has 0 radical (unpaired) electrons. The Balaban J connectivity index is 1.91. The van der Waals surface area contributed by atoms with E-state index in [9.17, 15) is 0 Å². The van der Waals surface area contributed by atoms with Gasteiger partial charge in [-0.3, -0.25) is 0 Å². The minimum atomic E-state index is 0.582. The third-order valence-corrected chi connectivity index (χ3v) is 3.66. The van der Waals surface area contributed by atoms with Crippen molar-refractivity contribution >= 4 is 23.0 Å². The van der Waals surface area contributed by atoms with Crippen LogP contribution in [0.2, 0.25) is 0 Å². The van der Waals surface area contributed by atoms with Crippen LogP contribution in [0, 0.1) is 11.8 Å². The van der Waals surface area contributed by atoms with Crippen LogP contribution in [-0.2, 0) is 3.07 Å². The molecule has 3 fully saturated rings. The fraction of sp³-hybridized carbons (Fsp3) is 1.00. The van der Waals surface area contributed by atoms with Crippen molar-refractivity contribution in [2.45, 2.75) is 19.4 Å². The molecule has 0 amide bonds. The fourth-order valence-electron chi connectivity index (χ4n) is 2.34. The molecule has 2 saturated heterocycles. The molecule has 2 unspecified atom stereocenters. The van der Waals surface area contributed by atoms with E-state index in [0.717, 1.165) is 11.8 Å². The zero-order chi connectivity index (χ0) is 7.84. The highest BCUT2D eigenvalue weighted by Gasteiger charge is 2.46. The number of halogens is 1. The molecule has 1 aliphatic carbocycles. The Kier molecular flexibility index (Phi) is 2.39. The molecule has 64 valence electrons. The van der Waals surface area contributed by atoms with E-state index >= 15 is 0 Å². The van der Waals surface area contributed by atoms with E-state index in [4.69, 9.17) is 3.07 Å². The molecular weight excluding hydrogens is 253 g/mol. The van der Waals surface area contributed by atoms with Gasteiger partial charge in [0.05, 0.1) is 6.10 Å². The Morgan fingerprint density at radius 3 is 2.55 bits per heavy atom. The molecule has 0 aromatic heterocycles. The average molecular weight is 267 g/mol. The van der Waals surface area contributed by atoms with Gasteiger partial charge in [0.15, 0.2) is 0 Å². The summed E-state index contributed by atoms with van der Waals surface area (Å²) in [6.45, 7) is 5.98. The van der Waals surface area contributed by atoms with E-state index in [1.54, 1.807) is 0 Å². The fourth-order valence-corrected chi connectivity index (χ4v) is 3.17. The topological polar surface area (TPSA) is 12.5 Å². The van der Waals surface area contributed by atoms with Crippen molar-refractivity contribution in [1.82, 2.24) is 4.90 Å². The standard InChI is InChI=1S/C8H14INO/c1-2-10-4-6-3-7(5-10)8(6)11-9/h6-8H,2-5H2,1H3. The highest BCUT2D eigenvalue weighted by molar-refractivity contribution is 14.1. The second-order valence-corrected chi connectivity index (χ2v) is 4.17. The summed E-state index contributed by atoms with van der Waals surface area (Å²) >= 11 is 2.05. The third-order valence-electron chi connectivity index (χ3n) is 3.07. The molecule has 0 aromatic carbocycles. The first kappa shape index (κ1) is 8.26. The summed E-state index contributed by atoms with van der Waals surface area (Å²) in [4.78, 5) is 2.53. The predicted octanol–water partition coefficient (Wildman–Crippen LogP) is 1.69. The van der Waals surface area contributed by atoms with Gasteiger partial charge in [0, 0.05) is 13.1 Å². The molecule has 3 heteroatoms. The SMILES string of the molecule is CCN1CC2CC(C1)C2OI. The lowest BCUT2D eigenvalue weighted by atomic mass is 9.68. The Morgan fingerprint density at radius 2 is 2.09 bits per heavy atom. The minimum Gasteiger partial charge on any atom is -0.312 e. The molecule has 2 nitrogen and oxygen atoms in total. The number of hydrogen-bond donors (Lipinski definition) is 0. The average Bonchev–Trinajstić information content (AvgIpc) is 2.05. The van der Waals surface area contributed by atoms with Gasteiger partial charge in [0.1, 0.15) is 23.0 Å². The van der Waals surface area contributed by atoms with Gasteiger partial charge in [-0.15, -0.1) is 0 Å². The molecule has 0 N–H and O–H groups in total. The molecule has 2 aliphatic heterocycles. The van der Waals surface area contributed by atoms with Gasteiger partial charge in [-0.05, 0) is 24.8 Å². The highest BCUT2D eigenvalue weighted by Crippen LogP contribution is 2.42. The van der Waals surface area contributed by atoms with Crippen LogP contribution in [0.3, 0.4) is 0 Å². The monoisotopic (exact) mass is 267 g/mol. The number of fused-ring (bicyclic) bond motifs is 2. The quantitative estimate of drug-likeness (QED) is 0.706. The van der Waals surface area contributed by atoms with Crippen molar-refractivity contribution in [3.8, 4) is 0 Å². The van der Waals surface area contributed by atoms with E-state index < -0.39 is 0 Å². The Labute approximate surface area is 82.0 Å². The summed E-state index contributed by atoms with van der Waals surface area (Å²) in [5.74, 6) is 1.68. The van der Waals surface area contributed by atoms with Crippen molar-refractivity contribution in [3.05, 3.63) is 0 Å². The zero-order valence-corrected chi connectivity index (χ0v) is 8.95. The van der Waals surface area contributed by atoms with Crippen molar-refractivity contribution in [3.63, 3.8) is 0 Å². The zero-order valence-electron chi connectivity index (χ0n) is 6.79. The second-order valence-electron chi connectivity index (χ2n) is 3.66. The van der Waals surface area contributed by atoms with Crippen molar-refractivity contribution in [2.75, 3.05) is 19.6 Å². The molecule has 11 heavy (non-hydrogen) atoms. The summed E-state index contributed by atoms with van der Waals surface area (Å²) in [6.07, 6.45) is 1.99. The summed E-state index contributed by atoms with van der Waals surface area (Å²) < 4.78 is 5.39. The van der Waals surface area contributed by atoms with Gasteiger partial charge in [0.25, 0.3) is 0 Å². The first-order chi connectivity index (χ1) is 5.35. The molecule has 2 bridgehead atoms. The van der Waals surface area contributed by atoms with Crippen LogP contribution in [0.4, 0.5) is 0 Å². The van der Waals surface area contributed by atoms with Crippen LogP contribution >= 0.6 is 23.0 Å². The number of hydrogen-bond acceptors (Lipinski definition) is 2. The van der Waals surface area contributed by atoms with Crippen LogP contribution in [0.15, 0.2) is 0 Å². The maximum Gasteiger partial charge on any atom is 0.110 e. The maximum absolute atomic E-state index is 5.39. The molecule has 3 rings (SSSR count). The number of rotatable bonds is 2. The lowest BCUT2D eigenvalue weighted by Crippen LogP contribution is -2.58. The summed E-state index contributed by atoms with van der Waals surface area (Å²) in [5.41, 5.74) is 0. The van der Waals surface area contributed by atoms with Gasteiger partial charge < -0.3 is 7.97 Å². The van der Waals surface area contributed by atoms with Gasteiger partial charge in [-0.25, -0.2) is 0 Å². The van der Waals surface area contributed by atoms with Crippen LogP contribution in [0.1, 0.15) is 13.3 Å². The van der Waals surface area contributed by atoms with E-state index in [1.165, 1.54) is 26.1 Å². The van der Waals surface area contributed by atoms with E-state index in [0.29, 0.717) is 6.10 Å². The first-order valence-electron chi connectivity index (χ1n) is 4.35. The Hall–Kier alpha value is 0.650. The van der Waals surface area contributed by atoms with Crippen LogP contribution in [0.5, 0.6) is 0 Å². The lowest BCUT2D eigenvalue weighted by molar-refractivity contribution is -0.0720. The normalized spacial score (nSPS) is 43.6. The summed E-state index contributed by atoms with van der Waals surface area (Å²) in [6, 6.07) is 0. The van der Waals surface area contributed by atoms with Crippen molar-refractivity contribution in [1.29, 1.82) is 0 Å². The smallest absolute Gasteiger partial charge is 0.110 e. The van der Waals surface area contributed by atoms with Gasteiger partial charge in [0.2, 0.25) is 0 Å².